The first kappa shape index (κ1) is 25.7. The quantitative estimate of drug-likeness (QED) is 0.409. The van der Waals surface area contributed by atoms with Crippen LogP contribution < -0.4 is 9.47 Å². The molecule has 2 heterocycles. The van der Waals surface area contributed by atoms with Crippen LogP contribution in [0.4, 0.5) is 0 Å². The molecule has 9 heteroatoms. The van der Waals surface area contributed by atoms with Gasteiger partial charge in [-0.05, 0) is 48.8 Å². The van der Waals surface area contributed by atoms with Crippen LogP contribution in [0.3, 0.4) is 0 Å². The molecule has 186 valence electrons. The Morgan fingerprint density at radius 1 is 1.06 bits per heavy atom. The van der Waals surface area contributed by atoms with Crippen LogP contribution >= 0.6 is 15.9 Å². The maximum absolute atomic E-state index is 13.5. The number of benzene rings is 2. The molecule has 0 radical (unpaired) electrons. The van der Waals surface area contributed by atoms with E-state index < -0.39 is 29.2 Å². The lowest BCUT2D eigenvalue weighted by atomic mass is 9.97. The fourth-order valence-electron chi connectivity index (χ4n) is 4.03. The van der Waals surface area contributed by atoms with Gasteiger partial charge >= 0.3 is 0 Å². The zero-order chi connectivity index (χ0) is 24.8. The van der Waals surface area contributed by atoms with E-state index in [-0.39, 0.29) is 16.5 Å². The van der Waals surface area contributed by atoms with Crippen LogP contribution in [0, 0.1) is 0 Å². The Kier molecular flexibility index (Phi) is 6.98. The predicted molar refractivity (Wildman–Crippen MR) is 138 cm³/mol. The molecule has 0 spiro atoms. The van der Waals surface area contributed by atoms with E-state index in [0.717, 1.165) is 10.0 Å². The number of hydrogen-bond acceptors (Lipinski definition) is 6. The summed E-state index contributed by atoms with van der Waals surface area (Å²) in [5, 5.41) is -0.692. The van der Waals surface area contributed by atoms with Crippen molar-refractivity contribution in [1.29, 1.82) is 0 Å². The maximum atomic E-state index is 13.5. The summed E-state index contributed by atoms with van der Waals surface area (Å²) in [5.74, 6) is 0.0568. The molecule has 0 aliphatic carbocycles. The second-order valence-corrected chi connectivity index (χ2v) is 18.3. The molecule has 6 nitrogen and oxygen atoms in total. The van der Waals surface area contributed by atoms with Crippen molar-refractivity contribution in [2.24, 2.45) is 0 Å². The lowest BCUT2D eigenvalue weighted by molar-refractivity contribution is -0.221. The smallest absolute Gasteiger partial charge is 0.196 e. The lowest BCUT2D eigenvalue weighted by Crippen LogP contribution is -2.52. The minimum Gasteiger partial charge on any atom is -0.486 e. The summed E-state index contributed by atoms with van der Waals surface area (Å²) in [5.41, 5.74) is 0.905. The van der Waals surface area contributed by atoms with Crippen molar-refractivity contribution in [3.8, 4) is 11.5 Å². The van der Waals surface area contributed by atoms with E-state index in [4.69, 9.17) is 18.6 Å². The number of ether oxygens (including phenoxy) is 3. The second-order valence-electron chi connectivity index (χ2n) is 10.4. The number of fused-ring (bicyclic) bond motifs is 1. The number of hydrogen-bond donors (Lipinski definition) is 0. The van der Waals surface area contributed by atoms with Gasteiger partial charge in [0.25, 0.3) is 0 Å². The van der Waals surface area contributed by atoms with Gasteiger partial charge in [0.15, 0.2) is 35.4 Å². The maximum Gasteiger partial charge on any atom is 0.196 e. The largest absolute Gasteiger partial charge is 0.486 e. The molecular weight excluding hydrogens is 536 g/mol. The molecule has 0 N–H and O–H groups in total. The van der Waals surface area contributed by atoms with Crippen molar-refractivity contribution in [2.45, 2.75) is 67.7 Å². The average molecular weight is 570 g/mol. The minimum atomic E-state index is -3.62. The number of rotatable bonds is 5. The van der Waals surface area contributed by atoms with Gasteiger partial charge in [-0.3, -0.25) is 0 Å². The summed E-state index contributed by atoms with van der Waals surface area (Å²) in [6.45, 7) is 11.9. The second kappa shape index (κ2) is 9.24. The van der Waals surface area contributed by atoms with Crippen molar-refractivity contribution in [3.05, 3.63) is 52.5 Å². The van der Waals surface area contributed by atoms with Gasteiger partial charge in [0.1, 0.15) is 13.2 Å². The van der Waals surface area contributed by atoms with Gasteiger partial charge in [-0.25, -0.2) is 8.42 Å². The molecule has 0 saturated carbocycles. The van der Waals surface area contributed by atoms with Crippen LogP contribution in [0.5, 0.6) is 11.5 Å². The highest BCUT2D eigenvalue weighted by Crippen LogP contribution is 2.47. The molecule has 4 rings (SSSR count). The van der Waals surface area contributed by atoms with Gasteiger partial charge in [-0.1, -0.05) is 48.8 Å². The monoisotopic (exact) mass is 568 g/mol. The summed E-state index contributed by atoms with van der Waals surface area (Å²) in [7, 11) is -5.86. The van der Waals surface area contributed by atoms with Gasteiger partial charge in [-0.15, -0.1) is 0 Å². The van der Waals surface area contributed by atoms with E-state index in [9.17, 15) is 8.42 Å². The Balaban J connectivity index is 1.62. The SMILES string of the molecule is CC(C)(C)[Si](C)(C)OC1(c2cccc(Br)c2)CCC(S(=O)(=O)c2ccc3c(c2)OCCO3)CO1. The van der Waals surface area contributed by atoms with Crippen molar-refractivity contribution in [3.63, 3.8) is 0 Å². The topological polar surface area (TPSA) is 71.1 Å². The van der Waals surface area contributed by atoms with Crippen molar-refractivity contribution < 1.29 is 27.1 Å². The third kappa shape index (κ3) is 4.95. The Morgan fingerprint density at radius 2 is 1.76 bits per heavy atom. The first-order valence-electron chi connectivity index (χ1n) is 11.6. The van der Waals surface area contributed by atoms with Crippen LogP contribution in [0.25, 0.3) is 0 Å². The van der Waals surface area contributed by atoms with E-state index in [1.807, 2.05) is 24.3 Å². The highest BCUT2D eigenvalue weighted by Gasteiger charge is 2.50. The number of halogens is 1. The van der Waals surface area contributed by atoms with E-state index >= 15 is 0 Å². The van der Waals surface area contributed by atoms with Crippen LogP contribution in [0.2, 0.25) is 18.1 Å². The molecule has 0 amide bonds. The molecule has 2 unspecified atom stereocenters. The minimum absolute atomic E-state index is 0.0243. The summed E-state index contributed by atoms with van der Waals surface area (Å²) < 4.78 is 52.4. The summed E-state index contributed by atoms with van der Waals surface area (Å²) in [6, 6.07) is 12.7. The molecule has 2 aromatic rings. The van der Waals surface area contributed by atoms with Gasteiger partial charge in [0.2, 0.25) is 0 Å². The Bertz CT molecular complexity index is 1150. The highest BCUT2D eigenvalue weighted by molar-refractivity contribution is 9.10. The van der Waals surface area contributed by atoms with Crippen molar-refractivity contribution >= 4 is 34.1 Å². The van der Waals surface area contributed by atoms with Crippen LogP contribution in [0.15, 0.2) is 51.8 Å². The molecule has 1 saturated heterocycles. The predicted octanol–water partition coefficient (Wildman–Crippen LogP) is 6.05. The summed E-state index contributed by atoms with van der Waals surface area (Å²) >= 11 is 3.56. The van der Waals surface area contributed by atoms with E-state index in [0.29, 0.717) is 37.6 Å². The van der Waals surface area contributed by atoms with E-state index in [1.165, 1.54) is 0 Å². The molecule has 2 aliphatic rings. The molecule has 0 bridgehead atoms. The number of sulfone groups is 1. The fourth-order valence-corrected chi connectivity index (χ4v) is 7.43. The van der Waals surface area contributed by atoms with Crippen molar-refractivity contribution in [2.75, 3.05) is 19.8 Å². The third-order valence-corrected chi connectivity index (χ3v) is 14.2. The first-order chi connectivity index (χ1) is 15.8. The molecular formula is C25H33BrO6SSi. The van der Waals surface area contributed by atoms with Gasteiger partial charge < -0.3 is 18.6 Å². The summed E-state index contributed by atoms with van der Waals surface area (Å²) in [6.07, 6.45) is 0.877. The molecule has 0 aromatic heterocycles. The molecule has 1 fully saturated rings. The average Bonchev–Trinajstić information content (AvgIpc) is 2.78. The first-order valence-corrected chi connectivity index (χ1v) is 16.8. The normalized spacial score (nSPS) is 23.5. The van der Waals surface area contributed by atoms with Gasteiger partial charge in [0.05, 0.1) is 16.8 Å². The van der Waals surface area contributed by atoms with Gasteiger partial charge in [-0.2, -0.15) is 0 Å². The molecule has 2 aliphatic heterocycles. The van der Waals surface area contributed by atoms with Crippen LogP contribution in [-0.2, 0) is 24.8 Å². The highest BCUT2D eigenvalue weighted by atomic mass is 79.9. The zero-order valence-electron chi connectivity index (χ0n) is 20.4. The Morgan fingerprint density at radius 3 is 2.38 bits per heavy atom. The van der Waals surface area contributed by atoms with Crippen LogP contribution in [0.1, 0.15) is 39.2 Å². The van der Waals surface area contributed by atoms with Crippen molar-refractivity contribution in [1.82, 2.24) is 0 Å². The van der Waals surface area contributed by atoms with Gasteiger partial charge in [0, 0.05) is 22.5 Å². The molecule has 34 heavy (non-hydrogen) atoms. The zero-order valence-corrected chi connectivity index (χ0v) is 23.8. The van der Waals surface area contributed by atoms with Crippen LogP contribution in [-0.4, -0.2) is 41.8 Å². The Labute approximate surface area is 212 Å². The lowest BCUT2D eigenvalue weighted by Gasteiger charge is -2.48. The van der Waals surface area contributed by atoms with E-state index in [2.05, 4.69) is 49.8 Å². The fraction of sp³-hybridized carbons (Fsp3) is 0.520. The Hall–Kier alpha value is -1.39. The third-order valence-electron chi connectivity index (χ3n) is 7.07. The summed E-state index contributed by atoms with van der Waals surface area (Å²) in [4.78, 5) is 0.227. The molecule has 2 aromatic carbocycles. The van der Waals surface area contributed by atoms with E-state index in [1.54, 1.807) is 18.2 Å². The molecule has 2 atom stereocenters. The standard InChI is InChI=1S/C25H33BrO6SSi/c1-24(2,3)34(4,5)32-25(18-7-6-8-19(26)15-18)12-11-21(17-31-25)33(27,28)20-9-10-22-23(16-20)30-14-13-29-22/h6-10,15-16,21H,11-14,17H2,1-5H3.